The van der Waals surface area contributed by atoms with E-state index in [1.54, 1.807) is 0 Å². The zero-order valence-corrected chi connectivity index (χ0v) is 35.5. The second-order valence-electron chi connectivity index (χ2n) is 16.9. The summed E-state index contributed by atoms with van der Waals surface area (Å²) in [7, 11) is 0. The van der Waals surface area contributed by atoms with E-state index in [9.17, 15) is 0 Å². The van der Waals surface area contributed by atoms with Crippen LogP contribution in [0.3, 0.4) is 0 Å². The minimum absolute atomic E-state index is 1.11. The van der Waals surface area contributed by atoms with Crippen LogP contribution in [0.15, 0.2) is 249 Å². The van der Waals surface area contributed by atoms with Crippen molar-refractivity contribution in [1.29, 1.82) is 0 Å². The largest absolute Gasteiger partial charge is 0.309 e. The van der Waals surface area contributed by atoms with Gasteiger partial charge in [-0.25, -0.2) is 0 Å². The average Bonchev–Trinajstić information content (AvgIpc) is 3.89. The summed E-state index contributed by atoms with van der Waals surface area (Å²) >= 11 is 0. The molecule has 2 aromatic heterocycles. The predicted octanol–water partition coefficient (Wildman–Crippen LogP) is 17.0. The van der Waals surface area contributed by atoms with Gasteiger partial charge in [-0.2, -0.15) is 0 Å². The molecule has 0 unspecified atom stereocenters. The molecule has 11 aromatic carbocycles. The Balaban J connectivity index is 0.952. The lowest BCUT2D eigenvalue weighted by Gasteiger charge is -2.28. The Hall–Kier alpha value is -8.66. The van der Waals surface area contributed by atoms with Crippen LogP contribution in [-0.2, 0) is 0 Å². The fourth-order valence-electron chi connectivity index (χ4n) is 10.3. The van der Waals surface area contributed by atoms with Crippen molar-refractivity contribution in [2.75, 3.05) is 4.90 Å². The van der Waals surface area contributed by atoms with Gasteiger partial charge in [0.1, 0.15) is 0 Å². The van der Waals surface area contributed by atoms with Gasteiger partial charge in [-0.05, 0) is 124 Å². The van der Waals surface area contributed by atoms with Crippen molar-refractivity contribution in [3.8, 4) is 33.6 Å². The summed E-state index contributed by atoms with van der Waals surface area (Å²) in [6.07, 6.45) is 0. The molecule has 0 amide bonds. The number of anilines is 3. The minimum atomic E-state index is 1.11. The second-order valence-corrected chi connectivity index (χ2v) is 16.9. The number of hydrogen-bond acceptors (Lipinski definition) is 1. The highest BCUT2D eigenvalue weighted by Crippen LogP contribution is 2.44. The highest BCUT2D eigenvalue weighted by Gasteiger charge is 2.20. The van der Waals surface area contributed by atoms with Gasteiger partial charge in [-0.15, -0.1) is 0 Å². The summed E-state index contributed by atoms with van der Waals surface area (Å²) in [5, 5.41) is 9.81. The Morgan fingerprint density at radius 3 is 1.12 bits per heavy atom. The summed E-state index contributed by atoms with van der Waals surface area (Å²) in [5.41, 5.74) is 15.3. The second kappa shape index (κ2) is 15.0. The zero-order chi connectivity index (χ0) is 42.8. The lowest BCUT2D eigenvalue weighted by atomic mass is 9.99. The van der Waals surface area contributed by atoms with Crippen molar-refractivity contribution < 1.29 is 0 Å². The van der Waals surface area contributed by atoms with Gasteiger partial charge in [-0.1, -0.05) is 158 Å². The highest BCUT2D eigenvalue weighted by molar-refractivity contribution is 6.13. The van der Waals surface area contributed by atoms with E-state index in [-0.39, 0.29) is 0 Å². The fraction of sp³-hybridized carbons (Fsp3) is 0. The summed E-state index contributed by atoms with van der Waals surface area (Å²) in [4.78, 5) is 2.42. The van der Waals surface area contributed by atoms with E-state index in [0.717, 1.165) is 22.7 Å². The lowest BCUT2D eigenvalue weighted by molar-refractivity contribution is 1.18. The fourth-order valence-corrected chi connectivity index (χ4v) is 10.3. The third-order valence-corrected chi connectivity index (χ3v) is 13.3. The first-order chi connectivity index (χ1) is 32.2. The molecule has 0 saturated heterocycles. The molecule has 0 aliphatic heterocycles. The predicted molar refractivity (Wildman–Crippen MR) is 276 cm³/mol. The Morgan fingerprint density at radius 2 is 0.615 bits per heavy atom. The first-order valence-electron chi connectivity index (χ1n) is 22.3. The van der Waals surface area contributed by atoms with Crippen LogP contribution in [0.4, 0.5) is 17.1 Å². The number of rotatable bonds is 7. The van der Waals surface area contributed by atoms with Crippen molar-refractivity contribution in [3.63, 3.8) is 0 Å². The zero-order valence-electron chi connectivity index (χ0n) is 35.5. The third-order valence-electron chi connectivity index (χ3n) is 13.3. The molecule has 13 aromatic rings. The molecular formula is C62H41N3. The van der Waals surface area contributed by atoms with Gasteiger partial charge in [0.2, 0.25) is 0 Å². The van der Waals surface area contributed by atoms with E-state index in [1.165, 1.54) is 93.1 Å². The number of fused-ring (bicyclic) bond motifs is 8. The average molecular weight is 828 g/mol. The number of nitrogens with zero attached hydrogens (tertiary/aromatic N) is 3. The van der Waals surface area contributed by atoms with Crippen LogP contribution in [0.25, 0.3) is 98.8 Å². The van der Waals surface area contributed by atoms with Crippen molar-refractivity contribution in [2.24, 2.45) is 0 Å². The topological polar surface area (TPSA) is 13.1 Å². The van der Waals surface area contributed by atoms with Gasteiger partial charge in [0.15, 0.2) is 0 Å². The van der Waals surface area contributed by atoms with Crippen LogP contribution < -0.4 is 4.90 Å². The molecule has 0 aliphatic carbocycles. The maximum atomic E-state index is 2.42. The monoisotopic (exact) mass is 827 g/mol. The summed E-state index contributed by atoms with van der Waals surface area (Å²) in [5.74, 6) is 0. The van der Waals surface area contributed by atoms with E-state index in [0.29, 0.717) is 0 Å². The van der Waals surface area contributed by atoms with Crippen molar-refractivity contribution >= 4 is 82.2 Å². The quantitative estimate of drug-likeness (QED) is 0.156. The molecule has 0 aliphatic rings. The minimum Gasteiger partial charge on any atom is -0.309 e. The van der Waals surface area contributed by atoms with Crippen molar-refractivity contribution in [3.05, 3.63) is 249 Å². The smallest absolute Gasteiger partial charge is 0.0541 e. The maximum absolute atomic E-state index is 2.42. The Kier molecular flexibility index (Phi) is 8.53. The third kappa shape index (κ3) is 6.05. The Morgan fingerprint density at radius 1 is 0.246 bits per heavy atom. The molecule has 2 heterocycles. The molecule has 0 N–H and O–H groups in total. The highest BCUT2D eigenvalue weighted by atomic mass is 15.1. The van der Waals surface area contributed by atoms with E-state index >= 15 is 0 Å². The maximum Gasteiger partial charge on any atom is 0.0541 e. The van der Waals surface area contributed by atoms with Gasteiger partial charge in [-0.3, -0.25) is 0 Å². The lowest BCUT2D eigenvalue weighted by Crippen LogP contribution is -2.11. The number of para-hydroxylation sites is 3. The van der Waals surface area contributed by atoms with Crippen LogP contribution >= 0.6 is 0 Å². The van der Waals surface area contributed by atoms with Crippen molar-refractivity contribution in [1.82, 2.24) is 9.13 Å². The molecule has 0 atom stereocenters. The number of aromatic nitrogens is 2. The molecule has 0 saturated carbocycles. The van der Waals surface area contributed by atoms with E-state index in [1.807, 2.05) is 0 Å². The van der Waals surface area contributed by atoms with E-state index in [2.05, 4.69) is 263 Å². The standard InChI is InChI=1S/C62H41N3/c1-3-19-48(20-4-1)63-59-26-12-11-25-53(59)54-40-46(32-37-60(54)63)47-33-38-62-56(41-47)55-39-45(31-36-61(55)64(62)49-21-5-2-6-22-49)42-29-34-50(35-30-42)65(57-27-13-17-43-15-7-9-23-51(43)57)58-28-14-18-44-16-8-10-24-52(44)58/h1-41H. The SMILES string of the molecule is c1ccc(-n2c3ccccc3c3cc(-c4ccc5c(c4)c4cc(-c6ccc(N(c7cccc8ccccc78)c7cccc8ccccc78)cc6)ccc4n5-c4ccccc4)ccc32)cc1. The summed E-state index contributed by atoms with van der Waals surface area (Å²) < 4.78 is 4.79. The van der Waals surface area contributed by atoms with Gasteiger partial charge < -0.3 is 14.0 Å². The van der Waals surface area contributed by atoms with Crippen LogP contribution in [0.5, 0.6) is 0 Å². The van der Waals surface area contributed by atoms with E-state index < -0.39 is 0 Å². The van der Waals surface area contributed by atoms with Gasteiger partial charge >= 0.3 is 0 Å². The normalized spacial score (nSPS) is 11.7. The van der Waals surface area contributed by atoms with Crippen LogP contribution in [0.1, 0.15) is 0 Å². The Bertz CT molecular complexity index is 3840. The molecule has 0 fully saturated rings. The number of benzene rings is 11. The van der Waals surface area contributed by atoms with Crippen LogP contribution in [0, 0.1) is 0 Å². The summed E-state index contributed by atoms with van der Waals surface area (Å²) in [6, 6.07) is 90.7. The molecule has 0 spiro atoms. The molecule has 0 radical (unpaired) electrons. The molecule has 3 nitrogen and oxygen atoms in total. The van der Waals surface area contributed by atoms with Gasteiger partial charge in [0.25, 0.3) is 0 Å². The molecule has 3 heteroatoms. The molecule has 0 bridgehead atoms. The van der Waals surface area contributed by atoms with Crippen LogP contribution in [-0.4, -0.2) is 9.13 Å². The molecular weight excluding hydrogens is 787 g/mol. The van der Waals surface area contributed by atoms with Gasteiger partial charge in [0.05, 0.1) is 33.4 Å². The summed E-state index contributed by atoms with van der Waals surface area (Å²) in [6.45, 7) is 0. The molecule has 304 valence electrons. The Labute approximate surface area is 376 Å². The molecule has 13 rings (SSSR count). The van der Waals surface area contributed by atoms with E-state index in [4.69, 9.17) is 0 Å². The van der Waals surface area contributed by atoms with Crippen molar-refractivity contribution in [2.45, 2.75) is 0 Å². The van der Waals surface area contributed by atoms with Crippen LogP contribution in [0.2, 0.25) is 0 Å². The number of hydrogen-bond donors (Lipinski definition) is 0. The molecule has 65 heavy (non-hydrogen) atoms. The first kappa shape index (κ1) is 36.9. The van der Waals surface area contributed by atoms with Gasteiger partial charge in [0, 0.05) is 49.4 Å². The first-order valence-corrected chi connectivity index (χ1v) is 22.3.